The average Bonchev–Trinajstić information content (AvgIpc) is 3.01. The molecular weight excluding hydrogens is 326 g/mol. The summed E-state index contributed by atoms with van der Waals surface area (Å²) >= 11 is 0. The van der Waals surface area contributed by atoms with Gasteiger partial charge in [0.05, 0.1) is 6.04 Å². The molecule has 1 aliphatic heterocycles. The van der Waals surface area contributed by atoms with Gasteiger partial charge in [0.1, 0.15) is 0 Å². The molecule has 0 spiro atoms. The van der Waals surface area contributed by atoms with Crippen LogP contribution in [0.1, 0.15) is 46.1 Å². The fourth-order valence-corrected chi connectivity index (χ4v) is 3.16. The number of nitrogens with zero attached hydrogens (tertiary/aromatic N) is 1. The fourth-order valence-electron chi connectivity index (χ4n) is 3.16. The molecule has 5 nitrogen and oxygen atoms in total. The third kappa shape index (κ3) is 5.43. The summed E-state index contributed by atoms with van der Waals surface area (Å²) in [6, 6.07) is 7.23. The Labute approximate surface area is 156 Å². The Hall–Kier alpha value is -2.14. The lowest BCUT2D eigenvalue weighted by atomic mass is 9.87. The van der Waals surface area contributed by atoms with Gasteiger partial charge in [0.2, 0.25) is 5.91 Å². The topological polar surface area (TPSA) is 75.4 Å². The van der Waals surface area contributed by atoms with Crippen LogP contribution in [0, 0.1) is 5.41 Å². The van der Waals surface area contributed by atoms with Crippen molar-refractivity contribution in [1.82, 2.24) is 5.32 Å². The van der Waals surface area contributed by atoms with Gasteiger partial charge in [0, 0.05) is 24.4 Å². The number of nitrogens with two attached hydrogens (primary N) is 1. The van der Waals surface area contributed by atoms with Gasteiger partial charge in [0.15, 0.2) is 0 Å². The minimum Gasteiger partial charge on any atom is -0.349 e. The summed E-state index contributed by atoms with van der Waals surface area (Å²) in [5.41, 5.74) is 8.02. The molecule has 2 rings (SSSR count). The van der Waals surface area contributed by atoms with E-state index in [9.17, 15) is 9.59 Å². The highest BCUT2D eigenvalue weighted by molar-refractivity contribution is 6.03. The SMILES string of the molecule is CCC(N)C(=O)NC(C=CC(=O)N1CCc2ccccc21)CC(C)(C)C. The van der Waals surface area contributed by atoms with Crippen LogP contribution < -0.4 is 16.0 Å². The monoisotopic (exact) mass is 357 g/mol. The molecule has 1 aromatic carbocycles. The maximum Gasteiger partial charge on any atom is 0.250 e. The summed E-state index contributed by atoms with van der Waals surface area (Å²) in [4.78, 5) is 26.6. The zero-order chi connectivity index (χ0) is 19.3. The van der Waals surface area contributed by atoms with E-state index in [0.717, 1.165) is 18.5 Å². The summed E-state index contributed by atoms with van der Waals surface area (Å²) in [6.45, 7) is 8.90. The van der Waals surface area contributed by atoms with Gasteiger partial charge in [-0.15, -0.1) is 0 Å². The summed E-state index contributed by atoms with van der Waals surface area (Å²) in [7, 11) is 0. The maximum atomic E-state index is 12.7. The van der Waals surface area contributed by atoms with Crippen LogP contribution in [0.15, 0.2) is 36.4 Å². The van der Waals surface area contributed by atoms with Crippen LogP contribution in [0.3, 0.4) is 0 Å². The molecule has 0 aliphatic carbocycles. The first-order chi connectivity index (χ1) is 12.2. The van der Waals surface area contributed by atoms with Gasteiger partial charge in [0.25, 0.3) is 5.91 Å². The van der Waals surface area contributed by atoms with Gasteiger partial charge in [-0.1, -0.05) is 52.0 Å². The van der Waals surface area contributed by atoms with Crippen molar-refractivity contribution < 1.29 is 9.59 Å². The Morgan fingerprint density at radius 1 is 1.31 bits per heavy atom. The number of nitrogens with one attached hydrogen (secondary N) is 1. The zero-order valence-corrected chi connectivity index (χ0v) is 16.3. The van der Waals surface area contributed by atoms with Crippen molar-refractivity contribution in [1.29, 1.82) is 0 Å². The highest BCUT2D eigenvalue weighted by atomic mass is 16.2. The first-order valence-electron chi connectivity index (χ1n) is 9.35. The van der Waals surface area contributed by atoms with E-state index in [1.807, 2.05) is 25.1 Å². The quantitative estimate of drug-likeness (QED) is 0.769. The van der Waals surface area contributed by atoms with E-state index in [4.69, 9.17) is 5.73 Å². The van der Waals surface area contributed by atoms with Crippen molar-refractivity contribution in [3.05, 3.63) is 42.0 Å². The second-order valence-electron chi connectivity index (χ2n) is 8.12. The normalized spacial score (nSPS) is 16.4. The van der Waals surface area contributed by atoms with Crippen molar-refractivity contribution in [2.24, 2.45) is 11.1 Å². The first kappa shape index (κ1) is 20.2. The molecule has 1 aliphatic rings. The average molecular weight is 357 g/mol. The van der Waals surface area contributed by atoms with Crippen LogP contribution in [0.4, 0.5) is 5.69 Å². The Balaban J connectivity index is 2.09. The summed E-state index contributed by atoms with van der Waals surface area (Å²) < 4.78 is 0. The fraction of sp³-hybridized carbons (Fsp3) is 0.524. The predicted octanol–water partition coefficient (Wildman–Crippen LogP) is 2.79. The lowest BCUT2D eigenvalue weighted by Crippen LogP contribution is -2.45. The van der Waals surface area contributed by atoms with Crippen molar-refractivity contribution in [2.75, 3.05) is 11.4 Å². The maximum absolute atomic E-state index is 12.7. The van der Waals surface area contributed by atoms with E-state index in [0.29, 0.717) is 13.0 Å². The smallest absolute Gasteiger partial charge is 0.250 e. The number of amides is 2. The van der Waals surface area contributed by atoms with Crippen LogP contribution in [0.5, 0.6) is 0 Å². The van der Waals surface area contributed by atoms with Crippen LogP contribution in [0.25, 0.3) is 0 Å². The van der Waals surface area contributed by atoms with Gasteiger partial charge in [-0.05, 0) is 36.3 Å². The number of rotatable bonds is 6. The summed E-state index contributed by atoms with van der Waals surface area (Å²) in [5.74, 6) is -0.228. The molecule has 2 atom stereocenters. The molecule has 0 saturated carbocycles. The van der Waals surface area contributed by atoms with Gasteiger partial charge in [-0.25, -0.2) is 0 Å². The minimum atomic E-state index is -0.521. The number of carbonyl (C=O) groups excluding carboxylic acids is 2. The number of para-hydroxylation sites is 1. The molecule has 142 valence electrons. The molecule has 5 heteroatoms. The van der Waals surface area contributed by atoms with E-state index in [-0.39, 0.29) is 23.3 Å². The van der Waals surface area contributed by atoms with E-state index in [1.165, 1.54) is 5.56 Å². The highest BCUT2D eigenvalue weighted by Crippen LogP contribution is 2.27. The summed E-state index contributed by atoms with van der Waals surface area (Å²) in [6.07, 6.45) is 5.57. The van der Waals surface area contributed by atoms with Gasteiger partial charge < -0.3 is 16.0 Å². The Morgan fingerprint density at radius 2 is 2.00 bits per heavy atom. The Kier molecular flexibility index (Phi) is 6.59. The molecule has 0 aromatic heterocycles. The first-order valence-corrected chi connectivity index (χ1v) is 9.35. The van der Waals surface area contributed by atoms with Gasteiger partial charge in [-0.2, -0.15) is 0 Å². The van der Waals surface area contributed by atoms with E-state index < -0.39 is 6.04 Å². The van der Waals surface area contributed by atoms with Gasteiger partial charge >= 0.3 is 0 Å². The zero-order valence-electron chi connectivity index (χ0n) is 16.3. The second-order valence-corrected chi connectivity index (χ2v) is 8.12. The van der Waals surface area contributed by atoms with Crippen molar-refractivity contribution in [2.45, 2.75) is 59.0 Å². The predicted molar refractivity (Wildman–Crippen MR) is 106 cm³/mol. The van der Waals surface area contributed by atoms with E-state index >= 15 is 0 Å². The standard InChI is InChI=1S/C21H31N3O2/c1-5-17(22)20(26)23-16(14-21(2,3)4)10-11-19(25)24-13-12-15-8-6-7-9-18(15)24/h6-11,16-17H,5,12-14,22H2,1-4H3,(H,23,26). The lowest BCUT2D eigenvalue weighted by molar-refractivity contribution is -0.123. The van der Waals surface area contributed by atoms with Crippen molar-refractivity contribution in [3.63, 3.8) is 0 Å². The van der Waals surface area contributed by atoms with Crippen LogP contribution in [-0.4, -0.2) is 30.4 Å². The molecular formula is C21H31N3O2. The molecule has 26 heavy (non-hydrogen) atoms. The molecule has 2 amide bonds. The molecule has 0 bridgehead atoms. The number of benzene rings is 1. The number of hydrogen-bond acceptors (Lipinski definition) is 3. The Morgan fingerprint density at radius 3 is 2.65 bits per heavy atom. The number of fused-ring (bicyclic) bond motifs is 1. The molecule has 0 radical (unpaired) electrons. The molecule has 1 aromatic rings. The molecule has 3 N–H and O–H groups in total. The van der Waals surface area contributed by atoms with Crippen LogP contribution >= 0.6 is 0 Å². The summed E-state index contributed by atoms with van der Waals surface area (Å²) in [5, 5.41) is 2.97. The van der Waals surface area contributed by atoms with Crippen LogP contribution in [-0.2, 0) is 16.0 Å². The van der Waals surface area contributed by atoms with E-state index in [1.54, 1.807) is 17.1 Å². The largest absolute Gasteiger partial charge is 0.349 e. The Bertz CT molecular complexity index is 676. The second kappa shape index (κ2) is 8.49. The van der Waals surface area contributed by atoms with Crippen LogP contribution in [0.2, 0.25) is 0 Å². The molecule has 0 fully saturated rings. The minimum absolute atomic E-state index is 0.0158. The molecule has 0 saturated heterocycles. The third-order valence-corrected chi connectivity index (χ3v) is 4.56. The van der Waals surface area contributed by atoms with E-state index in [2.05, 4.69) is 32.2 Å². The highest BCUT2D eigenvalue weighted by Gasteiger charge is 2.24. The van der Waals surface area contributed by atoms with Gasteiger partial charge in [-0.3, -0.25) is 9.59 Å². The van der Waals surface area contributed by atoms with Crippen molar-refractivity contribution >= 4 is 17.5 Å². The van der Waals surface area contributed by atoms with Crippen molar-refractivity contribution in [3.8, 4) is 0 Å². The molecule has 2 unspecified atom stereocenters. The molecule has 1 heterocycles. The number of hydrogen-bond donors (Lipinski definition) is 2. The third-order valence-electron chi connectivity index (χ3n) is 4.56. The number of anilines is 1. The lowest BCUT2D eigenvalue weighted by Gasteiger charge is -2.26. The number of carbonyl (C=O) groups is 2.